The first-order valence-corrected chi connectivity index (χ1v) is 9.20. The summed E-state index contributed by atoms with van der Waals surface area (Å²) in [6, 6.07) is 10.9. The van der Waals surface area contributed by atoms with E-state index in [1.165, 1.54) is 0 Å². The van der Waals surface area contributed by atoms with Crippen molar-refractivity contribution in [2.45, 2.75) is 12.8 Å². The van der Waals surface area contributed by atoms with Crippen LogP contribution in [0.15, 0.2) is 61.1 Å². The fourth-order valence-corrected chi connectivity index (χ4v) is 3.42. The van der Waals surface area contributed by atoms with E-state index >= 15 is 0 Å². The van der Waals surface area contributed by atoms with Crippen LogP contribution in [0.3, 0.4) is 0 Å². The molecule has 0 aliphatic carbocycles. The Balaban J connectivity index is 1.35. The average molecular weight is 382 g/mol. The SMILES string of the molecule is O=C(Nc1cc(F)ccc1F)C1CCN(c2ccc(-n3cccc3)cn2)CC1. The van der Waals surface area contributed by atoms with E-state index in [2.05, 4.69) is 15.2 Å². The molecule has 7 heteroatoms. The second-order valence-electron chi connectivity index (χ2n) is 6.84. The molecular formula is C21H20F2N4O. The highest BCUT2D eigenvalue weighted by atomic mass is 19.1. The predicted molar refractivity (Wildman–Crippen MR) is 103 cm³/mol. The van der Waals surface area contributed by atoms with Crippen LogP contribution in [0.4, 0.5) is 20.3 Å². The summed E-state index contributed by atoms with van der Waals surface area (Å²) in [7, 11) is 0. The number of aromatic nitrogens is 2. The van der Waals surface area contributed by atoms with Crippen molar-refractivity contribution in [3.05, 3.63) is 72.7 Å². The Labute approximate surface area is 161 Å². The number of rotatable bonds is 4. The highest BCUT2D eigenvalue weighted by molar-refractivity contribution is 5.92. The van der Waals surface area contributed by atoms with E-state index in [1.807, 2.05) is 47.4 Å². The fraction of sp³-hybridized carbons (Fsp3) is 0.238. The van der Waals surface area contributed by atoms with Crippen LogP contribution in [-0.4, -0.2) is 28.5 Å². The molecule has 1 aliphatic heterocycles. The van der Waals surface area contributed by atoms with Gasteiger partial charge >= 0.3 is 0 Å². The molecule has 0 atom stereocenters. The van der Waals surface area contributed by atoms with E-state index in [0.29, 0.717) is 25.9 Å². The van der Waals surface area contributed by atoms with Gasteiger partial charge in [0.2, 0.25) is 5.91 Å². The number of anilines is 2. The van der Waals surface area contributed by atoms with Gasteiger partial charge in [-0.2, -0.15) is 0 Å². The van der Waals surface area contributed by atoms with Crippen molar-refractivity contribution in [3.63, 3.8) is 0 Å². The van der Waals surface area contributed by atoms with Gasteiger partial charge in [0.15, 0.2) is 0 Å². The normalized spacial score (nSPS) is 14.9. The Morgan fingerprint density at radius 2 is 1.82 bits per heavy atom. The largest absolute Gasteiger partial charge is 0.357 e. The molecule has 1 fully saturated rings. The molecule has 1 amide bonds. The molecule has 0 radical (unpaired) electrons. The smallest absolute Gasteiger partial charge is 0.227 e. The highest BCUT2D eigenvalue weighted by Crippen LogP contribution is 2.24. The standard InChI is InChI=1S/C21H20F2N4O/c22-16-3-5-18(23)19(13-16)25-21(28)15-7-11-27(12-8-15)20-6-4-17(14-24-20)26-9-1-2-10-26/h1-6,9-10,13-15H,7-8,11-12H2,(H,25,28). The Morgan fingerprint density at radius 1 is 1.07 bits per heavy atom. The maximum absolute atomic E-state index is 13.7. The Bertz CT molecular complexity index is 949. The minimum atomic E-state index is -0.640. The molecule has 1 aromatic carbocycles. The third kappa shape index (κ3) is 3.88. The van der Waals surface area contributed by atoms with Crippen LogP contribution in [0.2, 0.25) is 0 Å². The topological polar surface area (TPSA) is 50.2 Å². The number of carbonyl (C=O) groups excluding carboxylic acids is 1. The summed E-state index contributed by atoms with van der Waals surface area (Å²) in [5.41, 5.74) is 0.870. The molecule has 0 spiro atoms. The van der Waals surface area contributed by atoms with E-state index in [4.69, 9.17) is 0 Å². The lowest BCUT2D eigenvalue weighted by Crippen LogP contribution is -2.38. The molecule has 5 nitrogen and oxygen atoms in total. The number of amides is 1. The van der Waals surface area contributed by atoms with Crippen LogP contribution >= 0.6 is 0 Å². The van der Waals surface area contributed by atoms with E-state index < -0.39 is 11.6 Å². The summed E-state index contributed by atoms with van der Waals surface area (Å²) in [6.07, 6.45) is 7.00. The zero-order valence-electron chi connectivity index (χ0n) is 15.2. The molecule has 3 aromatic rings. The second kappa shape index (κ2) is 7.80. The lowest BCUT2D eigenvalue weighted by atomic mass is 9.95. The maximum Gasteiger partial charge on any atom is 0.227 e. The van der Waals surface area contributed by atoms with Crippen molar-refractivity contribution >= 4 is 17.4 Å². The van der Waals surface area contributed by atoms with Gasteiger partial charge in [-0.25, -0.2) is 13.8 Å². The zero-order valence-corrected chi connectivity index (χ0v) is 15.2. The summed E-state index contributed by atoms with van der Waals surface area (Å²) in [5.74, 6) is -0.871. The average Bonchev–Trinajstić information content (AvgIpc) is 3.26. The zero-order chi connectivity index (χ0) is 19.5. The molecule has 0 bridgehead atoms. The van der Waals surface area contributed by atoms with Crippen molar-refractivity contribution in [3.8, 4) is 5.69 Å². The van der Waals surface area contributed by atoms with Gasteiger partial charge in [-0.3, -0.25) is 4.79 Å². The predicted octanol–water partition coefficient (Wildman–Crippen LogP) is 4.01. The van der Waals surface area contributed by atoms with Crippen LogP contribution in [-0.2, 0) is 4.79 Å². The number of benzene rings is 1. The van der Waals surface area contributed by atoms with Crippen molar-refractivity contribution in [2.24, 2.45) is 5.92 Å². The van der Waals surface area contributed by atoms with Crippen molar-refractivity contribution in [1.82, 2.24) is 9.55 Å². The molecule has 0 saturated carbocycles. The molecule has 3 heterocycles. The second-order valence-corrected chi connectivity index (χ2v) is 6.84. The van der Waals surface area contributed by atoms with Crippen LogP contribution in [0.5, 0.6) is 0 Å². The Kier molecular flexibility index (Phi) is 5.06. The Hall–Kier alpha value is -3.22. The maximum atomic E-state index is 13.7. The minimum absolute atomic E-state index is 0.116. The summed E-state index contributed by atoms with van der Waals surface area (Å²) in [5, 5.41) is 2.51. The van der Waals surface area contributed by atoms with E-state index in [-0.39, 0.29) is 17.5 Å². The van der Waals surface area contributed by atoms with Crippen molar-refractivity contribution in [2.75, 3.05) is 23.3 Å². The number of hydrogen-bond donors (Lipinski definition) is 1. The quantitative estimate of drug-likeness (QED) is 0.742. The van der Waals surface area contributed by atoms with Crippen LogP contribution < -0.4 is 10.2 Å². The first-order chi connectivity index (χ1) is 13.6. The molecule has 0 unspecified atom stereocenters. The van der Waals surface area contributed by atoms with Gasteiger partial charge in [0.25, 0.3) is 0 Å². The minimum Gasteiger partial charge on any atom is -0.357 e. The molecule has 1 aliphatic rings. The van der Waals surface area contributed by atoms with Crippen molar-refractivity contribution in [1.29, 1.82) is 0 Å². The third-order valence-corrected chi connectivity index (χ3v) is 5.01. The lowest BCUT2D eigenvalue weighted by Gasteiger charge is -2.32. The Morgan fingerprint density at radius 3 is 2.50 bits per heavy atom. The number of carbonyl (C=O) groups is 1. The summed E-state index contributed by atoms with van der Waals surface area (Å²) in [6.45, 7) is 1.36. The summed E-state index contributed by atoms with van der Waals surface area (Å²) in [4.78, 5) is 19.1. The third-order valence-electron chi connectivity index (χ3n) is 5.01. The highest BCUT2D eigenvalue weighted by Gasteiger charge is 2.26. The first-order valence-electron chi connectivity index (χ1n) is 9.20. The van der Waals surface area contributed by atoms with Crippen LogP contribution in [0, 0.1) is 17.6 Å². The number of nitrogens with one attached hydrogen (secondary N) is 1. The monoisotopic (exact) mass is 382 g/mol. The van der Waals surface area contributed by atoms with Crippen LogP contribution in [0.1, 0.15) is 12.8 Å². The van der Waals surface area contributed by atoms with Gasteiger partial charge in [-0.1, -0.05) is 0 Å². The molecule has 1 N–H and O–H groups in total. The summed E-state index contributed by atoms with van der Waals surface area (Å²) >= 11 is 0. The number of nitrogens with zero attached hydrogens (tertiary/aromatic N) is 3. The summed E-state index contributed by atoms with van der Waals surface area (Å²) < 4.78 is 29.0. The number of piperidine rings is 1. The molecule has 144 valence electrons. The van der Waals surface area contributed by atoms with Gasteiger partial charge < -0.3 is 14.8 Å². The fourth-order valence-electron chi connectivity index (χ4n) is 3.42. The van der Waals surface area contributed by atoms with E-state index in [1.54, 1.807) is 0 Å². The molecule has 28 heavy (non-hydrogen) atoms. The molecule has 4 rings (SSSR count). The van der Waals surface area contributed by atoms with Crippen molar-refractivity contribution < 1.29 is 13.6 Å². The first kappa shape index (κ1) is 18.2. The molecule has 2 aromatic heterocycles. The van der Waals surface area contributed by atoms with E-state index in [9.17, 15) is 13.6 Å². The van der Waals surface area contributed by atoms with Gasteiger partial charge in [-0.15, -0.1) is 0 Å². The van der Waals surface area contributed by atoms with Crippen LogP contribution in [0.25, 0.3) is 5.69 Å². The molecular weight excluding hydrogens is 362 g/mol. The van der Waals surface area contributed by atoms with E-state index in [0.717, 1.165) is 29.7 Å². The number of pyridine rings is 1. The number of halogens is 2. The molecule has 1 saturated heterocycles. The van der Waals surface area contributed by atoms with Gasteiger partial charge in [0.1, 0.15) is 17.5 Å². The lowest BCUT2D eigenvalue weighted by molar-refractivity contribution is -0.120. The van der Waals surface area contributed by atoms with Gasteiger partial charge in [0, 0.05) is 37.5 Å². The number of hydrogen-bond acceptors (Lipinski definition) is 3. The van der Waals surface area contributed by atoms with Gasteiger partial charge in [0.05, 0.1) is 17.6 Å². The van der Waals surface area contributed by atoms with Gasteiger partial charge in [-0.05, 0) is 49.2 Å².